The van der Waals surface area contributed by atoms with E-state index in [2.05, 4.69) is 24.3 Å². The lowest BCUT2D eigenvalue weighted by Gasteiger charge is -2.32. The highest BCUT2D eigenvalue weighted by molar-refractivity contribution is 5.76. The van der Waals surface area contributed by atoms with Crippen LogP contribution in [0.4, 0.5) is 4.79 Å². The SMILES string of the molecule is CC(C)(Oc1cccc([C@@H]2CCCN(C(=O)OCc3ccc(C4CCCCC4)cc3)C2)c1)C(=O)O. The fourth-order valence-corrected chi connectivity index (χ4v) is 5.14. The van der Waals surface area contributed by atoms with Crippen LogP contribution in [0.5, 0.6) is 5.75 Å². The molecule has 1 aliphatic carbocycles. The number of piperidine rings is 1. The number of hydrogen-bond donors (Lipinski definition) is 1. The molecule has 6 heteroatoms. The minimum atomic E-state index is -1.31. The Hall–Kier alpha value is -3.02. The number of ether oxygens (including phenoxy) is 2. The van der Waals surface area contributed by atoms with Gasteiger partial charge in [0.2, 0.25) is 0 Å². The molecule has 4 rings (SSSR count). The zero-order valence-corrected chi connectivity index (χ0v) is 20.9. The van der Waals surface area contributed by atoms with Crippen LogP contribution < -0.4 is 4.74 Å². The van der Waals surface area contributed by atoms with E-state index in [1.54, 1.807) is 11.0 Å². The fourth-order valence-electron chi connectivity index (χ4n) is 5.14. The molecular formula is C29H37NO5. The van der Waals surface area contributed by atoms with E-state index in [9.17, 15) is 14.7 Å². The maximum atomic E-state index is 12.8. The van der Waals surface area contributed by atoms with Crippen LogP contribution in [0.15, 0.2) is 48.5 Å². The minimum Gasteiger partial charge on any atom is -0.478 e. The van der Waals surface area contributed by atoms with Gasteiger partial charge in [-0.2, -0.15) is 0 Å². The van der Waals surface area contributed by atoms with Crippen molar-refractivity contribution in [3.05, 3.63) is 65.2 Å². The average molecular weight is 480 g/mol. The van der Waals surface area contributed by atoms with Crippen molar-refractivity contribution in [1.29, 1.82) is 0 Å². The number of carboxylic acids is 1. The molecule has 188 valence electrons. The second-order valence-electron chi connectivity index (χ2n) is 10.4. The second-order valence-corrected chi connectivity index (χ2v) is 10.4. The number of aliphatic carboxylic acids is 1. The Morgan fingerprint density at radius 2 is 1.66 bits per heavy atom. The van der Waals surface area contributed by atoms with E-state index in [4.69, 9.17) is 9.47 Å². The van der Waals surface area contributed by atoms with Crippen molar-refractivity contribution >= 4 is 12.1 Å². The summed E-state index contributed by atoms with van der Waals surface area (Å²) in [5.74, 6) is 0.330. The monoisotopic (exact) mass is 479 g/mol. The van der Waals surface area contributed by atoms with Gasteiger partial charge in [0, 0.05) is 19.0 Å². The van der Waals surface area contributed by atoms with Gasteiger partial charge >= 0.3 is 12.1 Å². The quantitative estimate of drug-likeness (QED) is 0.491. The zero-order chi connectivity index (χ0) is 24.8. The number of rotatable bonds is 7. The molecule has 0 radical (unpaired) electrons. The van der Waals surface area contributed by atoms with E-state index in [0.717, 1.165) is 24.0 Å². The van der Waals surface area contributed by atoms with Gasteiger partial charge in [0.25, 0.3) is 0 Å². The van der Waals surface area contributed by atoms with Crippen LogP contribution in [-0.4, -0.2) is 40.8 Å². The Morgan fingerprint density at radius 1 is 0.943 bits per heavy atom. The van der Waals surface area contributed by atoms with Crippen molar-refractivity contribution in [2.45, 2.75) is 82.8 Å². The van der Waals surface area contributed by atoms with Crippen LogP contribution in [0.3, 0.4) is 0 Å². The summed E-state index contributed by atoms with van der Waals surface area (Å²) in [7, 11) is 0. The molecule has 2 aromatic rings. The van der Waals surface area contributed by atoms with Gasteiger partial charge in [-0.05, 0) is 74.3 Å². The molecule has 35 heavy (non-hydrogen) atoms. The Kier molecular flexibility index (Phi) is 7.99. The number of carbonyl (C=O) groups excluding carboxylic acids is 1. The fraction of sp³-hybridized carbons (Fsp3) is 0.517. The third kappa shape index (κ3) is 6.56. The molecule has 1 N–H and O–H groups in total. The third-order valence-corrected chi connectivity index (χ3v) is 7.32. The van der Waals surface area contributed by atoms with Gasteiger partial charge in [0.1, 0.15) is 12.4 Å². The molecule has 0 unspecified atom stereocenters. The summed E-state index contributed by atoms with van der Waals surface area (Å²) in [5.41, 5.74) is 2.14. The molecule has 1 amide bonds. The maximum absolute atomic E-state index is 12.8. The van der Waals surface area contributed by atoms with Crippen molar-refractivity contribution < 1.29 is 24.2 Å². The number of likely N-dealkylation sites (tertiary alicyclic amines) is 1. The lowest BCUT2D eigenvalue weighted by atomic mass is 9.84. The topological polar surface area (TPSA) is 76.1 Å². The zero-order valence-electron chi connectivity index (χ0n) is 20.9. The van der Waals surface area contributed by atoms with E-state index in [1.165, 1.54) is 51.5 Å². The van der Waals surface area contributed by atoms with Crippen molar-refractivity contribution in [2.75, 3.05) is 13.1 Å². The molecular weight excluding hydrogens is 442 g/mol. The number of nitrogens with zero attached hydrogens (tertiary/aromatic N) is 1. The number of amides is 1. The number of carbonyl (C=O) groups is 2. The molecule has 2 aromatic carbocycles. The predicted molar refractivity (Wildman–Crippen MR) is 135 cm³/mol. The van der Waals surface area contributed by atoms with Gasteiger partial charge in [-0.1, -0.05) is 55.7 Å². The Morgan fingerprint density at radius 3 is 2.37 bits per heavy atom. The van der Waals surface area contributed by atoms with E-state index >= 15 is 0 Å². The lowest BCUT2D eigenvalue weighted by Crippen LogP contribution is -2.39. The molecule has 0 spiro atoms. The molecule has 1 heterocycles. The first-order valence-corrected chi connectivity index (χ1v) is 12.8. The average Bonchev–Trinajstić information content (AvgIpc) is 2.88. The first-order chi connectivity index (χ1) is 16.8. The van der Waals surface area contributed by atoms with Crippen molar-refractivity contribution in [3.8, 4) is 5.75 Å². The van der Waals surface area contributed by atoms with Gasteiger partial charge in [-0.3, -0.25) is 0 Å². The molecule has 1 saturated carbocycles. The van der Waals surface area contributed by atoms with E-state index in [1.807, 2.05) is 18.2 Å². The summed E-state index contributed by atoms with van der Waals surface area (Å²) >= 11 is 0. The van der Waals surface area contributed by atoms with Crippen molar-refractivity contribution in [1.82, 2.24) is 4.90 Å². The summed E-state index contributed by atoms with van der Waals surface area (Å²) in [5, 5.41) is 9.34. The summed E-state index contributed by atoms with van der Waals surface area (Å²) in [4.78, 5) is 26.0. The smallest absolute Gasteiger partial charge is 0.410 e. The van der Waals surface area contributed by atoms with Crippen LogP contribution >= 0.6 is 0 Å². The minimum absolute atomic E-state index is 0.155. The van der Waals surface area contributed by atoms with Gasteiger partial charge in [-0.15, -0.1) is 0 Å². The Labute approximate surface area is 208 Å². The molecule has 1 aliphatic heterocycles. The van der Waals surface area contributed by atoms with Gasteiger partial charge in [-0.25, -0.2) is 9.59 Å². The Balaban J connectivity index is 1.31. The standard InChI is InChI=1S/C29H37NO5/c1-29(2,27(31)32)35-26-12-6-10-24(18-26)25-11-7-17-30(19-25)28(33)34-20-21-13-15-23(16-14-21)22-8-4-3-5-9-22/h6,10,12-16,18,22,25H,3-5,7-9,11,17,19-20H2,1-2H3,(H,31,32)/t25-/m1/s1. The van der Waals surface area contributed by atoms with Gasteiger partial charge in [0.15, 0.2) is 5.60 Å². The molecule has 2 fully saturated rings. The molecule has 1 atom stereocenters. The largest absolute Gasteiger partial charge is 0.478 e. The van der Waals surface area contributed by atoms with Crippen molar-refractivity contribution in [2.24, 2.45) is 0 Å². The molecule has 1 saturated heterocycles. The van der Waals surface area contributed by atoms with Gasteiger partial charge in [0.05, 0.1) is 0 Å². The molecule has 6 nitrogen and oxygen atoms in total. The first kappa shape index (κ1) is 25.1. The number of carboxylic acid groups (broad SMARTS) is 1. The van der Waals surface area contributed by atoms with Crippen LogP contribution in [0.25, 0.3) is 0 Å². The van der Waals surface area contributed by atoms with E-state index in [0.29, 0.717) is 24.8 Å². The highest BCUT2D eigenvalue weighted by Crippen LogP contribution is 2.33. The molecule has 0 aromatic heterocycles. The normalized spacial score (nSPS) is 19.3. The summed E-state index contributed by atoms with van der Waals surface area (Å²) < 4.78 is 11.3. The van der Waals surface area contributed by atoms with E-state index in [-0.39, 0.29) is 18.6 Å². The van der Waals surface area contributed by atoms with Gasteiger partial charge < -0.3 is 19.5 Å². The van der Waals surface area contributed by atoms with Crippen LogP contribution in [0.1, 0.15) is 87.3 Å². The molecule has 2 aliphatic rings. The van der Waals surface area contributed by atoms with Crippen LogP contribution in [0, 0.1) is 0 Å². The maximum Gasteiger partial charge on any atom is 0.410 e. The summed E-state index contributed by atoms with van der Waals surface area (Å²) in [6.07, 6.45) is 8.10. The third-order valence-electron chi connectivity index (χ3n) is 7.32. The highest BCUT2D eigenvalue weighted by Gasteiger charge is 2.30. The molecule has 0 bridgehead atoms. The van der Waals surface area contributed by atoms with Crippen LogP contribution in [-0.2, 0) is 16.1 Å². The predicted octanol–water partition coefficient (Wildman–Crippen LogP) is 6.49. The van der Waals surface area contributed by atoms with Crippen molar-refractivity contribution in [3.63, 3.8) is 0 Å². The first-order valence-electron chi connectivity index (χ1n) is 12.8. The summed E-state index contributed by atoms with van der Waals surface area (Å²) in [6, 6.07) is 16.1. The summed E-state index contributed by atoms with van der Waals surface area (Å²) in [6.45, 7) is 4.59. The second kappa shape index (κ2) is 11.1. The van der Waals surface area contributed by atoms with Crippen LogP contribution in [0.2, 0.25) is 0 Å². The number of benzene rings is 2. The Bertz CT molecular complexity index is 1010. The highest BCUT2D eigenvalue weighted by atomic mass is 16.6. The lowest BCUT2D eigenvalue weighted by molar-refractivity contribution is -0.152. The van der Waals surface area contributed by atoms with E-state index < -0.39 is 11.6 Å². The number of hydrogen-bond acceptors (Lipinski definition) is 4.